The van der Waals surface area contributed by atoms with Gasteiger partial charge in [-0.3, -0.25) is 9.78 Å². The highest BCUT2D eigenvalue weighted by molar-refractivity contribution is 6.30. The molecule has 1 amide bonds. The summed E-state index contributed by atoms with van der Waals surface area (Å²) in [6.45, 7) is 0.715. The van der Waals surface area contributed by atoms with Crippen molar-refractivity contribution in [3.63, 3.8) is 0 Å². The fourth-order valence-corrected chi connectivity index (χ4v) is 3.13. The van der Waals surface area contributed by atoms with E-state index in [2.05, 4.69) is 20.3 Å². The molecule has 3 aromatic rings. The van der Waals surface area contributed by atoms with Gasteiger partial charge in [-0.05, 0) is 29.8 Å². The molecular weight excluding hydrogens is 385 g/mol. The van der Waals surface area contributed by atoms with Gasteiger partial charge < -0.3 is 15.8 Å². The van der Waals surface area contributed by atoms with Gasteiger partial charge in [0.25, 0.3) is 5.91 Å². The molecule has 0 aliphatic carbocycles. The second-order valence-corrected chi connectivity index (χ2v) is 6.58. The quantitative estimate of drug-likeness (QED) is 0.683. The third-order valence-corrected chi connectivity index (χ3v) is 4.55. The predicted octanol–water partition coefficient (Wildman–Crippen LogP) is 2.98. The van der Waals surface area contributed by atoms with Crippen LogP contribution in [0, 0.1) is 5.82 Å². The van der Waals surface area contributed by atoms with Crippen molar-refractivity contribution in [2.75, 3.05) is 11.9 Å². The molecule has 4 rings (SSSR count). The Labute approximate surface area is 164 Å². The molecule has 0 fully saturated rings. The maximum atomic E-state index is 14.3. The Bertz CT molecular complexity index is 1080. The molecule has 1 aliphatic heterocycles. The van der Waals surface area contributed by atoms with Crippen LogP contribution in [0.2, 0.25) is 5.02 Å². The molecule has 3 heterocycles. The number of nitrogens with one attached hydrogen (secondary N) is 1. The van der Waals surface area contributed by atoms with Gasteiger partial charge in [0.2, 0.25) is 0 Å². The number of amides is 1. The Morgan fingerprint density at radius 3 is 3.00 bits per heavy atom. The molecule has 28 heavy (non-hydrogen) atoms. The lowest BCUT2D eigenvalue weighted by Gasteiger charge is -2.13. The van der Waals surface area contributed by atoms with Crippen LogP contribution >= 0.6 is 11.6 Å². The number of nitrogens with zero attached hydrogens (tertiary/aromatic N) is 3. The number of aromatic nitrogens is 3. The number of nitrogens with two attached hydrogens (primary N) is 1. The van der Waals surface area contributed by atoms with Gasteiger partial charge in [-0.2, -0.15) is 0 Å². The van der Waals surface area contributed by atoms with Crippen LogP contribution in [0.3, 0.4) is 0 Å². The number of carbonyl (C=O) groups is 1. The fourth-order valence-electron chi connectivity index (χ4n) is 2.96. The Kier molecular flexibility index (Phi) is 4.79. The number of primary amides is 1. The molecule has 0 atom stereocenters. The van der Waals surface area contributed by atoms with Crippen molar-refractivity contribution in [3.8, 4) is 17.1 Å². The minimum Gasteiger partial charge on any atom is -0.487 e. The largest absolute Gasteiger partial charge is 0.487 e. The van der Waals surface area contributed by atoms with E-state index in [-0.39, 0.29) is 17.9 Å². The molecule has 9 heteroatoms. The zero-order valence-electron chi connectivity index (χ0n) is 14.6. The number of ether oxygens (including phenoxy) is 1. The number of rotatable bonds is 5. The van der Waals surface area contributed by atoms with Crippen LogP contribution in [0.25, 0.3) is 11.4 Å². The second kappa shape index (κ2) is 7.40. The van der Waals surface area contributed by atoms with Crippen LogP contribution in [0.15, 0.2) is 36.7 Å². The van der Waals surface area contributed by atoms with Crippen LogP contribution < -0.4 is 15.8 Å². The highest BCUT2D eigenvalue weighted by Gasteiger charge is 2.23. The number of fused-ring (bicyclic) bond motifs is 1. The lowest BCUT2D eigenvalue weighted by atomic mass is 10.1. The third-order valence-electron chi connectivity index (χ3n) is 4.31. The van der Waals surface area contributed by atoms with Crippen molar-refractivity contribution >= 4 is 23.3 Å². The number of benzene rings is 1. The van der Waals surface area contributed by atoms with Crippen molar-refractivity contribution < 1.29 is 13.9 Å². The summed E-state index contributed by atoms with van der Waals surface area (Å²) in [6.07, 6.45) is 3.56. The number of hydrogen-bond acceptors (Lipinski definition) is 6. The third kappa shape index (κ3) is 3.46. The standard InChI is InChI=1S/C19H15ClFN5O2/c20-11-1-2-14(21)12(7-11)18-25-15-4-6-28-16(15)19(26-18)24-8-10-3-5-23-9-13(10)17(22)27/h1-3,5,7,9H,4,6,8H2,(H2,22,27)(H,24,25,26). The minimum atomic E-state index is -0.573. The van der Waals surface area contributed by atoms with Crippen LogP contribution in [-0.4, -0.2) is 27.5 Å². The molecule has 2 aromatic heterocycles. The summed E-state index contributed by atoms with van der Waals surface area (Å²) < 4.78 is 19.9. The molecule has 0 spiro atoms. The first-order valence-corrected chi connectivity index (χ1v) is 8.86. The van der Waals surface area contributed by atoms with E-state index in [0.29, 0.717) is 46.4 Å². The van der Waals surface area contributed by atoms with Gasteiger partial charge in [0.1, 0.15) is 5.82 Å². The Hall–Kier alpha value is -3.26. The Morgan fingerprint density at radius 1 is 1.32 bits per heavy atom. The molecule has 142 valence electrons. The van der Waals surface area contributed by atoms with Crippen molar-refractivity contribution in [3.05, 3.63) is 64.3 Å². The van der Waals surface area contributed by atoms with Gasteiger partial charge in [0, 0.05) is 30.4 Å². The number of hydrogen-bond donors (Lipinski definition) is 2. The summed E-state index contributed by atoms with van der Waals surface area (Å²) in [7, 11) is 0. The molecule has 7 nitrogen and oxygen atoms in total. The number of anilines is 1. The topological polar surface area (TPSA) is 103 Å². The zero-order chi connectivity index (χ0) is 19.7. The van der Waals surface area contributed by atoms with Crippen LogP contribution in [0.5, 0.6) is 5.75 Å². The van der Waals surface area contributed by atoms with Crippen molar-refractivity contribution in [2.45, 2.75) is 13.0 Å². The van der Waals surface area contributed by atoms with E-state index >= 15 is 0 Å². The second-order valence-electron chi connectivity index (χ2n) is 6.14. The van der Waals surface area contributed by atoms with Crippen LogP contribution in [0.4, 0.5) is 10.2 Å². The summed E-state index contributed by atoms with van der Waals surface area (Å²) in [4.78, 5) is 24.4. The normalized spacial score (nSPS) is 12.4. The van der Waals surface area contributed by atoms with Crippen molar-refractivity contribution in [2.24, 2.45) is 5.73 Å². The monoisotopic (exact) mass is 399 g/mol. The molecule has 0 saturated heterocycles. The summed E-state index contributed by atoms with van der Waals surface area (Å²) in [5.41, 5.74) is 7.24. The van der Waals surface area contributed by atoms with E-state index in [1.807, 2.05) is 0 Å². The molecule has 0 bridgehead atoms. The van der Waals surface area contributed by atoms with Gasteiger partial charge in [-0.15, -0.1) is 0 Å². The van der Waals surface area contributed by atoms with E-state index in [9.17, 15) is 9.18 Å². The Morgan fingerprint density at radius 2 is 2.18 bits per heavy atom. The first kappa shape index (κ1) is 18.1. The van der Waals surface area contributed by atoms with E-state index in [1.54, 1.807) is 12.3 Å². The van der Waals surface area contributed by atoms with Gasteiger partial charge >= 0.3 is 0 Å². The lowest BCUT2D eigenvalue weighted by molar-refractivity contribution is 0.0999. The zero-order valence-corrected chi connectivity index (χ0v) is 15.3. The molecule has 3 N–H and O–H groups in total. The van der Waals surface area contributed by atoms with Crippen LogP contribution in [-0.2, 0) is 13.0 Å². The van der Waals surface area contributed by atoms with E-state index in [4.69, 9.17) is 22.1 Å². The maximum Gasteiger partial charge on any atom is 0.250 e. The van der Waals surface area contributed by atoms with Crippen molar-refractivity contribution in [1.29, 1.82) is 0 Å². The number of carbonyl (C=O) groups excluding carboxylic acids is 1. The first-order valence-electron chi connectivity index (χ1n) is 8.48. The van der Waals surface area contributed by atoms with Gasteiger partial charge in [0.15, 0.2) is 17.4 Å². The number of halogens is 2. The van der Waals surface area contributed by atoms with Crippen molar-refractivity contribution in [1.82, 2.24) is 15.0 Å². The summed E-state index contributed by atoms with van der Waals surface area (Å²) in [5.74, 6) is 0.0803. The highest BCUT2D eigenvalue weighted by Crippen LogP contribution is 2.34. The summed E-state index contributed by atoms with van der Waals surface area (Å²) in [5, 5.41) is 3.52. The minimum absolute atomic E-state index is 0.201. The molecule has 0 unspecified atom stereocenters. The van der Waals surface area contributed by atoms with E-state index in [0.717, 1.165) is 0 Å². The first-order chi connectivity index (χ1) is 13.5. The van der Waals surface area contributed by atoms with E-state index in [1.165, 1.54) is 24.4 Å². The molecular formula is C19H15ClFN5O2. The molecule has 1 aliphatic rings. The molecule has 1 aromatic carbocycles. The fraction of sp³-hybridized carbons (Fsp3) is 0.158. The average Bonchev–Trinajstić information content (AvgIpc) is 3.17. The molecule has 0 radical (unpaired) electrons. The average molecular weight is 400 g/mol. The van der Waals surface area contributed by atoms with Crippen LogP contribution in [0.1, 0.15) is 21.6 Å². The maximum absolute atomic E-state index is 14.3. The van der Waals surface area contributed by atoms with Gasteiger partial charge in [0.05, 0.1) is 23.4 Å². The lowest BCUT2D eigenvalue weighted by Crippen LogP contribution is -2.16. The van der Waals surface area contributed by atoms with Gasteiger partial charge in [-0.1, -0.05) is 11.6 Å². The predicted molar refractivity (Wildman–Crippen MR) is 102 cm³/mol. The highest BCUT2D eigenvalue weighted by atomic mass is 35.5. The Balaban J connectivity index is 1.71. The van der Waals surface area contributed by atoms with Gasteiger partial charge in [-0.25, -0.2) is 14.4 Å². The summed E-state index contributed by atoms with van der Waals surface area (Å²) >= 11 is 6.00. The molecule has 0 saturated carbocycles. The smallest absolute Gasteiger partial charge is 0.250 e. The number of pyridine rings is 1. The van der Waals surface area contributed by atoms with E-state index < -0.39 is 11.7 Å². The SMILES string of the molecule is NC(=O)c1cnccc1CNc1nc(-c2cc(Cl)ccc2F)nc2c1OCC2. The summed E-state index contributed by atoms with van der Waals surface area (Å²) in [6, 6.07) is 5.90.